The molecule has 2 rings (SSSR count). The van der Waals surface area contributed by atoms with Crippen LogP contribution in [0.5, 0.6) is 0 Å². The molecule has 1 aliphatic rings. The lowest BCUT2D eigenvalue weighted by atomic mass is 10.2. The summed E-state index contributed by atoms with van der Waals surface area (Å²) in [5, 5.41) is 4.98. The van der Waals surface area contributed by atoms with E-state index < -0.39 is 11.8 Å². The van der Waals surface area contributed by atoms with Crippen LogP contribution in [0.15, 0.2) is 28.7 Å². The molecule has 1 fully saturated rings. The van der Waals surface area contributed by atoms with Gasteiger partial charge in [0.05, 0.1) is 13.1 Å². The number of hydrogen-bond acceptors (Lipinski definition) is 2. The molecule has 1 aromatic carbocycles. The van der Waals surface area contributed by atoms with Gasteiger partial charge in [0, 0.05) is 17.1 Å². The van der Waals surface area contributed by atoms with Crippen LogP contribution in [0.2, 0.25) is 0 Å². The van der Waals surface area contributed by atoms with Crippen molar-refractivity contribution in [3.05, 3.63) is 34.3 Å². The monoisotopic (exact) mass is 384 g/mol. The summed E-state index contributed by atoms with van der Waals surface area (Å²) >= 11 is 3.46. The van der Waals surface area contributed by atoms with Crippen molar-refractivity contribution < 1.29 is 19.4 Å². The number of carbonyl (C=O) groups is 2. The van der Waals surface area contributed by atoms with E-state index in [1.54, 1.807) is 4.90 Å². The van der Waals surface area contributed by atoms with Crippen molar-refractivity contribution in [2.75, 3.05) is 46.3 Å². The molecule has 4 N–H and O–H groups in total. The number of likely N-dealkylation sites (N-methyl/N-ethyl adjacent to an activating group) is 1. The Balaban J connectivity index is 1.65. The molecule has 7 heteroatoms. The van der Waals surface area contributed by atoms with Crippen molar-refractivity contribution in [1.82, 2.24) is 10.6 Å². The van der Waals surface area contributed by atoms with E-state index >= 15 is 0 Å². The highest BCUT2D eigenvalue weighted by molar-refractivity contribution is 9.10. The Bertz CT molecular complexity index is 527. The van der Waals surface area contributed by atoms with Crippen LogP contribution in [0.3, 0.4) is 0 Å². The number of halogens is 1. The minimum Gasteiger partial charge on any atom is -0.351 e. The number of amides is 2. The van der Waals surface area contributed by atoms with Crippen LogP contribution in [0, 0.1) is 0 Å². The predicted octanol–water partition coefficient (Wildman–Crippen LogP) is -2.41. The van der Waals surface area contributed by atoms with Gasteiger partial charge < -0.3 is 20.4 Å². The van der Waals surface area contributed by atoms with E-state index in [0.717, 1.165) is 43.7 Å². The van der Waals surface area contributed by atoms with Gasteiger partial charge in [0.15, 0.2) is 0 Å². The van der Waals surface area contributed by atoms with Gasteiger partial charge in [0.25, 0.3) is 0 Å². The summed E-state index contributed by atoms with van der Waals surface area (Å²) in [6, 6.07) is 8.52. The first-order valence-corrected chi connectivity index (χ1v) is 8.79. The number of piperazine rings is 1. The van der Waals surface area contributed by atoms with Gasteiger partial charge in [0.2, 0.25) is 0 Å². The minimum atomic E-state index is -0.580. The van der Waals surface area contributed by atoms with E-state index in [1.807, 2.05) is 0 Å². The van der Waals surface area contributed by atoms with Crippen LogP contribution in [-0.4, -0.2) is 58.1 Å². The number of benzene rings is 1. The van der Waals surface area contributed by atoms with Crippen LogP contribution in [-0.2, 0) is 16.1 Å². The van der Waals surface area contributed by atoms with E-state index in [0.29, 0.717) is 6.54 Å². The predicted molar refractivity (Wildman–Crippen MR) is 91.2 cm³/mol. The number of carbonyl (C=O) groups excluding carboxylic acids is 2. The molecule has 0 saturated carbocycles. The summed E-state index contributed by atoms with van der Waals surface area (Å²) in [5.41, 5.74) is 1.37. The number of rotatable bonds is 5. The molecule has 23 heavy (non-hydrogen) atoms. The highest BCUT2D eigenvalue weighted by Gasteiger charge is 2.23. The Hall–Kier alpha value is -1.44. The third kappa shape index (κ3) is 5.93. The second kappa shape index (κ2) is 9.00. The Kier molecular flexibility index (Phi) is 7.01. The maximum absolute atomic E-state index is 11.4. The number of hydrogen-bond donors (Lipinski definition) is 4. The van der Waals surface area contributed by atoms with Crippen LogP contribution in [0.4, 0.5) is 0 Å². The van der Waals surface area contributed by atoms with Gasteiger partial charge in [-0.15, -0.1) is 0 Å². The van der Waals surface area contributed by atoms with Crippen molar-refractivity contribution in [1.29, 1.82) is 0 Å². The third-order valence-electron chi connectivity index (χ3n) is 4.23. The third-order valence-corrected chi connectivity index (χ3v) is 4.76. The fraction of sp³-hybridized carbons (Fsp3) is 0.500. The Morgan fingerprint density at radius 2 is 1.65 bits per heavy atom. The van der Waals surface area contributed by atoms with Crippen molar-refractivity contribution >= 4 is 27.7 Å². The Morgan fingerprint density at radius 3 is 2.26 bits per heavy atom. The zero-order valence-electron chi connectivity index (χ0n) is 13.5. The van der Waals surface area contributed by atoms with Crippen LogP contribution >= 0.6 is 15.9 Å². The molecule has 126 valence electrons. The standard InChI is InChI=1S/C16H23BrN4O2/c1-18-15(22)16(23)19-6-7-20-8-10-21(11-9-20)12-13-2-4-14(17)5-3-13/h2-5H,6-12H2,1H3,(H,18,22)(H,19,23)/p+2. The van der Waals surface area contributed by atoms with Crippen LogP contribution < -0.4 is 20.4 Å². The van der Waals surface area contributed by atoms with Gasteiger partial charge in [0.1, 0.15) is 32.7 Å². The molecule has 0 atom stereocenters. The largest absolute Gasteiger partial charge is 0.351 e. The topological polar surface area (TPSA) is 67.1 Å². The first-order valence-electron chi connectivity index (χ1n) is 8.00. The lowest BCUT2D eigenvalue weighted by Crippen LogP contribution is -3.27. The molecular formula is C16H25BrN4O2+2. The van der Waals surface area contributed by atoms with Gasteiger partial charge in [-0.1, -0.05) is 28.1 Å². The summed E-state index contributed by atoms with van der Waals surface area (Å²) in [7, 11) is 1.46. The fourth-order valence-electron chi connectivity index (χ4n) is 2.82. The molecule has 0 unspecified atom stereocenters. The molecule has 0 aromatic heterocycles. The van der Waals surface area contributed by atoms with Gasteiger partial charge in [-0.25, -0.2) is 0 Å². The van der Waals surface area contributed by atoms with E-state index in [-0.39, 0.29) is 0 Å². The van der Waals surface area contributed by atoms with Crippen molar-refractivity contribution in [2.24, 2.45) is 0 Å². The smallest absolute Gasteiger partial charge is 0.309 e. The first-order chi connectivity index (χ1) is 11.1. The summed E-state index contributed by atoms with van der Waals surface area (Å²) < 4.78 is 1.12. The first kappa shape index (κ1) is 17.9. The zero-order valence-corrected chi connectivity index (χ0v) is 15.0. The van der Waals surface area contributed by atoms with Crippen molar-refractivity contribution in [3.8, 4) is 0 Å². The quantitative estimate of drug-likeness (QED) is 0.427. The molecule has 0 radical (unpaired) electrons. The fourth-order valence-corrected chi connectivity index (χ4v) is 3.09. The SMILES string of the molecule is CNC(=O)C(=O)NCC[NH+]1CC[NH+](Cc2ccc(Br)cc2)CC1. The zero-order chi connectivity index (χ0) is 16.7. The molecule has 0 bridgehead atoms. The van der Waals surface area contributed by atoms with Crippen molar-refractivity contribution in [3.63, 3.8) is 0 Å². The number of quaternary nitrogens is 2. The lowest BCUT2D eigenvalue weighted by Gasteiger charge is -2.29. The molecule has 1 saturated heterocycles. The molecule has 6 nitrogen and oxygen atoms in total. The normalized spacial score (nSPS) is 20.8. The van der Waals surface area contributed by atoms with E-state index in [9.17, 15) is 9.59 Å². The summed E-state index contributed by atoms with van der Waals surface area (Å²) in [6.07, 6.45) is 0. The molecule has 0 aliphatic carbocycles. The second-order valence-corrected chi connectivity index (χ2v) is 6.80. The maximum atomic E-state index is 11.4. The summed E-state index contributed by atoms with van der Waals surface area (Å²) in [4.78, 5) is 25.5. The highest BCUT2D eigenvalue weighted by Crippen LogP contribution is 2.09. The molecule has 1 heterocycles. The molecule has 1 aromatic rings. The van der Waals surface area contributed by atoms with E-state index in [2.05, 4.69) is 50.8 Å². The van der Waals surface area contributed by atoms with Gasteiger partial charge >= 0.3 is 11.8 Å². The molecule has 0 spiro atoms. The van der Waals surface area contributed by atoms with Gasteiger partial charge in [-0.3, -0.25) is 9.59 Å². The second-order valence-electron chi connectivity index (χ2n) is 5.89. The average molecular weight is 385 g/mol. The molecule has 1 aliphatic heterocycles. The summed E-state index contributed by atoms with van der Waals surface area (Å²) in [5.74, 6) is -1.13. The Morgan fingerprint density at radius 1 is 1.04 bits per heavy atom. The Labute approximate surface area is 145 Å². The lowest BCUT2D eigenvalue weighted by molar-refractivity contribution is -1.02. The van der Waals surface area contributed by atoms with Gasteiger partial charge in [-0.2, -0.15) is 0 Å². The summed E-state index contributed by atoms with van der Waals surface area (Å²) in [6.45, 7) is 6.94. The minimum absolute atomic E-state index is 0.545. The van der Waals surface area contributed by atoms with Gasteiger partial charge in [-0.05, 0) is 12.1 Å². The highest BCUT2D eigenvalue weighted by atomic mass is 79.9. The molecular weight excluding hydrogens is 360 g/mol. The molecule has 2 amide bonds. The van der Waals surface area contributed by atoms with E-state index in [4.69, 9.17) is 0 Å². The van der Waals surface area contributed by atoms with E-state index in [1.165, 1.54) is 17.5 Å². The van der Waals surface area contributed by atoms with Crippen LogP contribution in [0.1, 0.15) is 5.56 Å². The maximum Gasteiger partial charge on any atom is 0.309 e. The number of nitrogens with one attached hydrogen (secondary N) is 4. The van der Waals surface area contributed by atoms with Crippen molar-refractivity contribution in [2.45, 2.75) is 6.54 Å². The van der Waals surface area contributed by atoms with Crippen LogP contribution in [0.25, 0.3) is 0 Å². The average Bonchev–Trinajstić information content (AvgIpc) is 2.57.